The van der Waals surface area contributed by atoms with E-state index in [4.69, 9.17) is 23.8 Å². The number of carbonyl (C=O) groups is 1. The van der Waals surface area contributed by atoms with Crippen molar-refractivity contribution < 1.29 is 4.79 Å². The molecule has 2 aliphatic rings. The highest BCUT2D eigenvalue weighted by Crippen LogP contribution is 2.41. The molecule has 1 aromatic rings. The Hall–Kier alpha value is -0.930. The highest BCUT2D eigenvalue weighted by molar-refractivity contribution is 7.80. The Labute approximate surface area is 117 Å². The number of alkyl halides is 1. The van der Waals surface area contributed by atoms with Crippen LogP contribution in [0.25, 0.3) is 0 Å². The third-order valence-corrected chi connectivity index (χ3v) is 4.76. The van der Waals surface area contributed by atoms with Crippen molar-refractivity contribution in [2.45, 2.75) is 37.1 Å². The second-order valence-electron chi connectivity index (χ2n) is 4.97. The van der Waals surface area contributed by atoms with Gasteiger partial charge in [-0.25, -0.2) is 0 Å². The van der Waals surface area contributed by atoms with E-state index in [1.54, 1.807) is 4.90 Å². The number of fused-ring (bicyclic) bond motifs is 1. The van der Waals surface area contributed by atoms with Crippen LogP contribution >= 0.6 is 23.8 Å². The van der Waals surface area contributed by atoms with Crippen molar-refractivity contribution in [2.24, 2.45) is 0 Å². The maximum atomic E-state index is 12.5. The van der Waals surface area contributed by atoms with Gasteiger partial charge in [-0.1, -0.05) is 48.4 Å². The van der Waals surface area contributed by atoms with Crippen LogP contribution in [0.15, 0.2) is 24.3 Å². The SMILES string of the molecule is O=C1c2ccccc2C(=S)N1C1(Cl)CCCCC1. The first kappa shape index (κ1) is 12.1. The average molecular weight is 280 g/mol. The molecule has 1 fully saturated rings. The van der Waals surface area contributed by atoms with Crippen molar-refractivity contribution >= 4 is 34.7 Å². The van der Waals surface area contributed by atoms with E-state index in [1.807, 2.05) is 24.3 Å². The third kappa shape index (κ3) is 1.69. The van der Waals surface area contributed by atoms with E-state index in [0.717, 1.165) is 31.2 Å². The molecule has 2 nitrogen and oxygen atoms in total. The van der Waals surface area contributed by atoms with Crippen LogP contribution < -0.4 is 0 Å². The zero-order valence-electron chi connectivity index (χ0n) is 9.99. The summed E-state index contributed by atoms with van der Waals surface area (Å²) in [5.41, 5.74) is 1.54. The van der Waals surface area contributed by atoms with Gasteiger partial charge in [0.05, 0.1) is 5.56 Å². The molecule has 0 saturated heterocycles. The topological polar surface area (TPSA) is 20.3 Å². The highest BCUT2D eigenvalue weighted by atomic mass is 35.5. The van der Waals surface area contributed by atoms with Crippen molar-refractivity contribution in [1.82, 2.24) is 4.90 Å². The van der Waals surface area contributed by atoms with Crippen LogP contribution in [-0.4, -0.2) is 20.8 Å². The standard InChI is InChI=1S/C14H14ClNOS/c15-14(8-4-1-5-9-14)16-12(17)10-6-2-3-7-11(10)13(16)18/h2-3,6-7H,1,4-5,8-9H2. The number of halogens is 1. The molecule has 1 heterocycles. The predicted molar refractivity (Wildman–Crippen MR) is 76.0 cm³/mol. The largest absolute Gasteiger partial charge is 0.278 e. The minimum Gasteiger partial charge on any atom is -0.278 e. The van der Waals surface area contributed by atoms with Gasteiger partial charge in [0.15, 0.2) is 0 Å². The van der Waals surface area contributed by atoms with E-state index in [-0.39, 0.29) is 5.91 Å². The summed E-state index contributed by atoms with van der Waals surface area (Å²) in [6.45, 7) is 0. The Kier molecular flexibility index (Phi) is 2.91. The molecule has 4 heteroatoms. The second-order valence-corrected chi connectivity index (χ2v) is 6.06. The van der Waals surface area contributed by atoms with Gasteiger partial charge in [0.1, 0.15) is 9.99 Å². The van der Waals surface area contributed by atoms with Crippen LogP contribution in [-0.2, 0) is 0 Å². The Bertz CT molecular complexity index is 487. The number of hydrogen-bond acceptors (Lipinski definition) is 2. The van der Waals surface area contributed by atoms with Gasteiger partial charge in [-0.15, -0.1) is 0 Å². The maximum Gasteiger partial charge on any atom is 0.261 e. The number of nitrogens with zero attached hydrogens (tertiary/aromatic N) is 1. The van der Waals surface area contributed by atoms with Gasteiger partial charge >= 0.3 is 0 Å². The second kappa shape index (κ2) is 4.32. The summed E-state index contributed by atoms with van der Waals surface area (Å²) in [6, 6.07) is 7.50. The first-order valence-electron chi connectivity index (χ1n) is 6.30. The van der Waals surface area contributed by atoms with Crippen molar-refractivity contribution in [3.05, 3.63) is 35.4 Å². The lowest BCUT2D eigenvalue weighted by Crippen LogP contribution is -2.48. The van der Waals surface area contributed by atoms with Crippen LogP contribution in [0.5, 0.6) is 0 Å². The summed E-state index contributed by atoms with van der Waals surface area (Å²) in [4.78, 5) is 14.1. The molecule has 0 bridgehead atoms. The maximum absolute atomic E-state index is 12.5. The Morgan fingerprint density at radius 3 is 2.33 bits per heavy atom. The minimum absolute atomic E-state index is 0.0347. The zero-order chi connectivity index (χ0) is 12.8. The van der Waals surface area contributed by atoms with Crippen molar-refractivity contribution in [3.63, 3.8) is 0 Å². The molecule has 0 aromatic heterocycles. The van der Waals surface area contributed by atoms with Crippen LogP contribution in [0.2, 0.25) is 0 Å². The number of rotatable bonds is 1. The monoisotopic (exact) mass is 279 g/mol. The Morgan fingerprint density at radius 1 is 1.11 bits per heavy atom. The first-order valence-corrected chi connectivity index (χ1v) is 7.09. The molecule has 1 amide bonds. The van der Waals surface area contributed by atoms with Gasteiger partial charge in [0.25, 0.3) is 5.91 Å². The smallest absolute Gasteiger partial charge is 0.261 e. The van der Waals surface area contributed by atoms with Crippen LogP contribution in [0.4, 0.5) is 0 Å². The van der Waals surface area contributed by atoms with Gasteiger partial charge in [0.2, 0.25) is 0 Å². The lowest BCUT2D eigenvalue weighted by molar-refractivity contribution is 0.0757. The minimum atomic E-state index is -0.606. The summed E-state index contributed by atoms with van der Waals surface area (Å²) < 4.78 is 0. The fraction of sp³-hybridized carbons (Fsp3) is 0.429. The molecule has 3 rings (SSSR count). The molecule has 1 aliphatic carbocycles. The summed E-state index contributed by atoms with van der Waals surface area (Å²) in [5, 5.41) is 0. The van der Waals surface area contributed by atoms with Crippen molar-refractivity contribution in [1.29, 1.82) is 0 Å². The van der Waals surface area contributed by atoms with Gasteiger partial charge < -0.3 is 0 Å². The summed E-state index contributed by atoms with van der Waals surface area (Å²) in [7, 11) is 0. The number of benzene rings is 1. The molecule has 0 N–H and O–H groups in total. The molecule has 1 aliphatic heterocycles. The quantitative estimate of drug-likeness (QED) is 0.444. The fourth-order valence-corrected chi connectivity index (χ4v) is 3.78. The Morgan fingerprint density at radius 2 is 1.72 bits per heavy atom. The van der Waals surface area contributed by atoms with Gasteiger partial charge in [0, 0.05) is 5.56 Å². The molecular formula is C14H14ClNOS. The summed E-state index contributed by atoms with van der Waals surface area (Å²) in [5.74, 6) is -0.0347. The molecule has 0 spiro atoms. The molecule has 1 aromatic carbocycles. The van der Waals surface area contributed by atoms with E-state index in [0.29, 0.717) is 10.6 Å². The number of thiocarbonyl (C=S) groups is 1. The van der Waals surface area contributed by atoms with Crippen LogP contribution in [0.3, 0.4) is 0 Å². The van der Waals surface area contributed by atoms with Crippen molar-refractivity contribution in [2.75, 3.05) is 0 Å². The summed E-state index contributed by atoms with van der Waals surface area (Å²) in [6.07, 6.45) is 4.97. The zero-order valence-corrected chi connectivity index (χ0v) is 11.6. The fourth-order valence-electron chi connectivity index (χ4n) is 2.87. The molecule has 0 atom stereocenters. The lowest BCUT2D eigenvalue weighted by Gasteiger charge is -2.39. The van der Waals surface area contributed by atoms with Crippen LogP contribution in [0, 0.1) is 0 Å². The third-order valence-electron chi connectivity index (χ3n) is 3.81. The molecule has 0 unspecified atom stereocenters. The van der Waals surface area contributed by atoms with E-state index in [9.17, 15) is 4.79 Å². The van der Waals surface area contributed by atoms with E-state index < -0.39 is 5.00 Å². The predicted octanol–water partition coefficient (Wildman–Crippen LogP) is 3.72. The number of carbonyl (C=O) groups excluding carboxylic acids is 1. The first-order chi connectivity index (χ1) is 8.63. The molecule has 94 valence electrons. The van der Waals surface area contributed by atoms with Crippen molar-refractivity contribution in [3.8, 4) is 0 Å². The van der Waals surface area contributed by atoms with E-state index in [2.05, 4.69) is 0 Å². The molecule has 1 saturated carbocycles. The van der Waals surface area contributed by atoms with E-state index in [1.165, 1.54) is 6.42 Å². The lowest BCUT2D eigenvalue weighted by atomic mass is 9.93. The van der Waals surface area contributed by atoms with Gasteiger partial charge in [-0.2, -0.15) is 0 Å². The Balaban J connectivity index is 2.01. The van der Waals surface area contributed by atoms with Gasteiger partial charge in [-0.05, 0) is 31.7 Å². The average Bonchev–Trinajstić information content (AvgIpc) is 2.64. The highest BCUT2D eigenvalue weighted by Gasteiger charge is 2.46. The normalized spacial score (nSPS) is 22.2. The van der Waals surface area contributed by atoms with Gasteiger partial charge in [-0.3, -0.25) is 9.69 Å². The summed E-state index contributed by atoms with van der Waals surface area (Å²) >= 11 is 12.1. The molecule has 18 heavy (non-hydrogen) atoms. The molecular weight excluding hydrogens is 266 g/mol. The molecule has 0 radical (unpaired) electrons. The number of hydrogen-bond donors (Lipinski definition) is 0. The van der Waals surface area contributed by atoms with Crippen LogP contribution in [0.1, 0.15) is 48.0 Å². The van der Waals surface area contributed by atoms with E-state index >= 15 is 0 Å². The number of amides is 1.